The molecule has 0 bridgehead atoms. The molecule has 0 amide bonds. The van der Waals surface area contributed by atoms with E-state index < -0.39 is 24.6 Å². The van der Waals surface area contributed by atoms with Gasteiger partial charge in [-0.05, 0) is 55.3 Å². The fourth-order valence-corrected chi connectivity index (χ4v) is 5.19. The molecule has 0 saturated carbocycles. The van der Waals surface area contributed by atoms with Gasteiger partial charge in [0.15, 0.2) is 22.9 Å². The minimum Gasteiger partial charge on any atom is -0.482 e. The van der Waals surface area contributed by atoms with Crippen molar-refractivity contribution in [3.8, 4) is 17.2 Å². The number of carboxylic acids is 1. The maximum absolute atomic E-state index is 13.7. The predicted molar refractivity (Wildman–Crippen MR) is 133 cm³/mol. The number of esters is 1. The number of ether oxygens (including phenoxy) is 4. The second-order valence-electron chi connectivity index (χ2n) is 8.17. The normalized spacial score (nSPS) is 16.3. The number of aromatic nitrogens is 1. The zero-order chi connectivity index (χ0) is 26.1. The van der Waals surface area contributed by atoms with Crippen LogP contribution in [0.1, 0.15) is 31.0 Å². The standard InChI is InChI=1S/C26H22N2O8S/c1-3-33-25(32)22-14(2)27-26-28(23(22)16-6-9-18-19(11-16)36-13-35-18)24(31)20(37-26)10-15-4-7-17(8-5-15)34-12-21(29)30/h4-11,23H,3,12-13H2,1-2H3,(H,29,30)/b20-10-. The summed E-state index contributed by atoms with van der Waals surface area (Å²) in [5.74, 6) is -0.0936. The van der Waals surface area contributed by atoms with E-state index in [0.29, 0.717) is 43.4 Å². The van der Waals surface area contributed by atoms with Crippen molar-refractivity contribution in [1.82, 2.24) is 4.57 Å². The Bertz CT molecular complexity index is 1600. The summed E-state index contributed by atoms with van der Waals surface area (Å²) in [6, 6.07) is 11.2. The molecule has 10 nitrogen and oxygen atoms in total. The molecular weight excluding hydrogens is 500 g/mol. The molecule has 2 aromatic carbocycles. The van der Waals surface area contributed by atoms with Gasteiger partial charge >= 0.3 is 11.9 Å². The van der Waals surface area contributed by atoms with Gasteiger partial charge in [0.1, 0.15) is 5.75 Å². The fourth-order valence-electron chi connectivity index (χ4n) is 4.15. The molecule has 3 heterocycles. The van der Waals surface area contributed by atoms with Crippen molar-refractivity contribution in [3.05, 3.63) is 84.5 Å². The van der Waals surface area contributed by atoms with Gasteiger partial charge in [0, 0.05) is 0 Å². The lowest BCUT2D eigenvalue weighted by Gasteiger charge is -2.24. The summed E-state index contributed by atoms with van der Waals surface area (Å²) in [6.45, 7) is 3.27. The smallest absolute Gasteiger partial charge is 0.341 e. The lowest BCUT2D eigenvalue weighted by atomic mass is 9.95. The van der Waals surface area contributed by atoms with Gasteiger partial charge in [0.2, 0.25) is 6.79 Å². The average Bonchev–Trinajstić information content (AvgIpc) is 3.46. The molecule has 1 unspecified atom stereocenters. The number of thiazole rings is 1. The van der Waals surface area contributed by atoms with Gasteiger partial charge in [0.05, 0.1) is 28.5 Å². The van der Waals surface area contributed by atoms with Gasteiger partial charge in [-0.2, -0.15) is 0 Å². The number of carbonyl (C=O) groups is 2. The molecule has 0 aliphatic carbocycles. The van der Waals surface area contributed by atoms with Crippen LogP contribution in [0, 0.1) is 0 Å². The molecule has 11 heteroatoms. The number of hydrogen-bond donors (Lipinski definition) is 1. The van der Waals surface area contributed by atoms with E-state index in [4.69, 9.17) is 24.1 Å². The largest absolute Gasteiger partial charge is 0.482 e. The topological polar surface area (TPSA) is 126 Å². The summed E-state index contributed by atoms with van der Waals surface area (Å²) in [6.07, 6.45) is 1.71. The van der Waals surface area contributed by atoms with Crippen LogP contribution in [0.5, 0.6) is 17.2 Å². The average molecular weight is 523 g/mol. The van der Waals surface area contributed by atoms with Crippen LogP contribution in [-0.2, 0) is 14.3 Å². The van der Waals surface area contributed by atoms with Crippen LogP contribution in [0.25, 0.3) is 6.08 Å². The van der Waals surface area contributed by atoms with E-state index in [1.165, 1.54) is 15.9 Å². The molecule has 2 aliphatic rings. The van der Waals surface area contributed by atoms with Gasteiger partial charge in [0.25, 0.3) is 5.56 Å². The number of rotatable bonds is 7. The summed E-state index contributed by atoms with van der Waals surface area (Å²) in [7, 11) is 0. The molecule has 3 aromatic rings. The Kier molecular flexibility index (Phi) is 6.53. The first-order valence-corrected chi connectivity index (χ1v) is 12.2. The minimum absolute atomic E-state index is 0.0985. The van der Waals surface area contributed by atoms with E-state index in [1.54, 1.807) is 62.4 Å². The van der Waals surface area contributed by atoms with Crippen LogP contribution in [0.2, 0.25) is 0 Å². The Morgan fingerprint density at radius 1 is 1.19 bits per heavy atom. The molecule has 0 radical (unpaired) electrons. The molecule has 0 spiro atoms. The second kappa shape index (κ2) is 9.94. The first-order valence-electron chi connectivity index (χ1n) is 11.4. The monoisotopic (exact) mass is 522 g/mol. The van der Waals surface area contributed by atoms with E-state index in [0.717, 1.165) is 0 Å². The Balaban J connectivity index is 1.60. The van der Waals surface area contributed by atoms with Crippen LogP contribution in [-0.4, -0.2) is 41.6 Å². The molecule has 0 saturated heterocycles. The highest BCUT2D eigenvalue weighted by Gasteiger charge is 2.34. The molecule has 1 aromatic heterocycles. The highest BCUT2D eigenvalue weighted by molar-refractivity contribution is 7.07. The lowest BCUT2D eigenvalue weighted by Crippen LogP contribution is -2.39. The Hall–Kier alpha value is -4.38. The lowest BCUT2D eigenvalue weighted by molar-refractivity contribution is -0.140. The quantitative estimate of drug-likeness (QED) is 0.467. The van der Waals surface area contributed by atoms with Crippen molar-refractivity contribution in [2.75, 3.05) is 20.0 Å². The number of allylic oxidation sites excluding steroid dienone is 1. The SMILES string of the molecule is CCOC(=O)C1=C(C)N=c2s/c(=C\c3ccc(OCC(=O)O)cc3)c(=O)n2C1c1ccc2c(c1)OCO2. The Morgan fingerprint density at radius 2 is 1.95 bits per heavy atom. The van der Waals surface area contributed by atoms with Crippen molar-refractivity contribution < 1.29 is 33.6 Å². The van der Waals surface area contributed by atoms with E-state index in [-0.39, 0.29) is 24.5 Å². The first-order chi connectivity index (χ1) is 17.9. The first kappa shape index (κ1) is 24.3. The molecule has 190 valence electrons. The van der Waals surface area contributed by atoms with Crippen LogP contribution in [0.3, 0.4) is 0 Å². The van der Waals surface area contributed by atoms with Crippen LogP contribution < -0.4 is 29.1 Å². The third-order valence-electron chi connectivity index (χ3n) is 5.77. The van der Waals surface area contributed by atoms with Gasteiger partial charge in [-0.15, -0.1) is 0 Å². The molecule has 1 N–H and O–H groups in total. The molecule has 37 heavy (non-hydrogen) atoms. The number of benzene rings is 2. The summed E-state index contributed by atoms with van der Waals surface area (Å²) in [5.41, 5.74) is 1.81. The maximum atomic E-state index is 13.7. The van der Waals surface area contributed by atoms with Crippen molar-refractivity contribution in [3.63, 3.8) is 0 Å². The summed E-state index contributed by atoms with van der Waals surface area (Å²) >= 11 is 1.21. The molecule has 2 aliphatic heterocycles. The van der Waals surface area contributed by atoms with E-state index in [1.807, 2.05) is 0 Å². The summed E-state index contributed by atoms with van der Waals surface area (Å²) in [5, 5.41) is 8.76. The molecule has 5 rings (SSSR count). The van der Waals surface area contributed by atoms with Crippen LogP contribution in [0.4, 0.5) is 0 Å². The zero-order valence-electron chi connectivity index (χ0n) is 19.9. The number of carboxylic acid groups (broad SMARTS) is 1. The molecule has 0 fully saturated rings. The third-order valence-corrected chi connectivity index (χ3v) is 6.75. The number of fused-ring (bicyclic) bond motifs is 2. The maximum Gasteiger partial charge on any atom is 0.341 e. The fraction of sp³-hybridized carbons (Fsp3) is 0.231. The van der Waals surface area contributed by atoms with Gasteiger partial charge < -0.3 is 24.1 Å². The minimum atomic E-state index is -1.07. The van der Waals surface area contributed by atoms with Crippen molar-refractivity contribution in [2.24, 2.45) is 4.99 Å². The van der Waals surface area contributed by atoms with Gasteiger partial charge in [-0.1, -0.05) is 29.5 Å². The Labute approximate surface area is 214 Å². The highest BCUT2D eigenvalue weighted by atomic mass is 32.1. The van der Waals surface area contributed by atoms with E-state index in [9.17, 15) is 14.4 Å². The number of carbonyl (C=O) groups excluding carboxylic acids is 1. The van der Waals surface area contributed by atoms with Crippen LogP contribution in [0.15, 0.2) is 63.5 Å². The van der Waals surface area contributed by atoms with E-state index in [2.05, 4.69) is 4.99 Å². The van der Waals surface area contributed by atoms with Gasteiger partial charge in [-0.25, -0.2) is 14.6 Å². The van der Waals surface area contributed by atoms with E-state index >= 15 is 0 Å². The third kappa shape index (κ3) is 4.73. The molecular formula is C26H22N2O8S. The van der Waals surface area contributed by atoms with Crippen molar-refractivity contribution >= 4 is 29.4 Å². The summed E-state index contributed by atoms with van der Waals surface area (Å²) in [4.78, 5) is 42.4. The summed E-state index contributed by atoms with van der Waals surface area (Å²) < 4.78 is 23.3. The molecule has 1 atom stereocenters. The van der Waals surface area contributed by atoms with Crippen molar-refractivity contribution in [2.45, 2.75) is 19.9 Å². The number of nitrogens with zero attached hydrogens (tertiary/aromatic N) is 2. The van der Waals surface area contributed by atoms with Gasteiger partial charge in [-0.3, -0.25) is 9.36 Å². The Morgan fingerprint density at radius 3 is 2.68 bits per heavy atom. The second-order valence-corrected chi connectivity index (χ2v) is 9.18. The number of hydrogen-bond acceptors (Lipinski definition) is 9. The van der Waals surface area contributed by atoms with Crippen molar-refractivity contribution in [1.29, 1.82) is 0 Å². The zero-order valence-corrected chi connectivity index (χ0v) is 20.7. The number of aliphatic carboxylic acids is 1. The highest BCUT2D eigenvalue weighted by Crippen LogP contribution is 2.38. The van der Waals surface area contributed by atoms with Crippen LogP contribution >= 0.6 is 11.3 Å². The predicted octanol–water partition coefficient (Wildman–Crippen LogP) is 1.99.